The van der Waals surface area contributed by atoms with Crippen molar-refractivity contribution in [2.45, 2.75) is 6.54 Å². The highest BCUT2D eigenvalue weighted by molar-refractivity contribution is 5.96. The van der Waals surface area contributed by atoms with Crippen LogP contribution in [0.1, 0.15) is 15.9 Å². The molecule has 0 fully saturated rings. The first kappa shape index (κ1) is 19.1. The number of ether oxygens (including phenoxy) is 3. The zero-order valence-corrected chi connectivity index (χ0v) is 15.0. The van der Waals surface area contributed by atoms with Crippen molar-refractivity contribution in [2.24, 2.45) is 0 Å². The number of nitrogens with one attached hydrogen (secondary N) is 2. The van der Waals surface area contributed by atoms with Gasteiger partial charge >= 0.3 is 0 Å². The van der Waals surface area contributed by atoms with E-state index in [0.29, 0.717) is 22.8 Å². The number of hydrogen-bond donors (Lipinski definition) is 2. The molecule has 0 atom stereocenters. The molecule has 2 aromatic carbocycles. The molecule has 138 valence electrons. The second kappa shape index (κ2) is 9.31. The molecule has 0 heterocycles. The molecule has 0 aliphatic rings. The van der Waals surface area contributed by atoms with Gasteiger partial charge in [0.15, 0.2) is 11.5 Å². The van der Waals surface area contributed by atoms with Gasteiger partial charge in [0.2, 0.25) is 5.91 Å². The van der Waals surface area contributed by atoms with Gasteiger partial charge in [0, 0.05) is 23.7 Å². The fourth-order valence-corrected chi connectivity index (χ4v) is 2.34. The molecule has 2 N–H and O–H groups in total. The van der Waals surface area contributed by atoms with Crippen LogP contribution >= 0.6 is 0 Å². The monoisotopic (exact) mass is 358 g/mol. The third-order valence-electron chi connectivity index (χ3n) is 3.71. The first-order valence-electron chi connectivity index (χ1n) is 7.97. The van der Waals surface area contributed by atoms with Gasteiger partial charge in [0.05, 0.1) is 27.9 Å². The van der Waals surface area contributed by atoms with Gasteiger partial charge in [0.1, 0.15) is 5.75 Å². The Balaban J connectivity index is 1.93. The number of benzene rings is 2. The largest absolute Gasteiger partial charge is 0.496 e. The Kier molecular flexibility index (Phi) is 6.84. The maximum absolute atomic E-state index is 12.0. The molecule has 2 amide bonds. The maximum atomic E-state index is 12.0. The van der Waals surface area contributed by atoms with E-state index in [1.807, 2.05) is 6.07 Å². The van der Waals surface area contributed by atoms with Crippen molar-refractivity contribution in [3.63, 3.8) is 0 Å². The van der Waals surface area contributed by atoms with E-state index in [2.05, 4.69) is 10.6 Å². The number of carbonyl (C=O) groups excluding carboxylic acids is 2. The van der Waals surface area contributed by atoms with Crippen LogP contribution in [0.15, 0.2) is 42.5 Å². The molecule has 0 spiro atoms. The first-order valence-corrected chi connectivity index (χ1v) is 7.97. The minimum absolute atomic E-state index is 0.122. The summed E-state index contributed by atoms with van der Waals surface area (Å²) in [7, 11) is 4.60. The molecule has 0 radical (unpaired) electrons. The van der Waals surface area contributed by atoms with Crippen molar-refractivity contribution in [2.75, 3.05) is 27.9 Å². The van der Waals surface area contributed by atoms with Gasteiger partial charge < -0.3 is 24.8 Å². The van der Waals surface area contributed by atoms with E-state index in [0.717, 1.165) is 5.56 Å². The molecule has 0 aliphatic heterocycles. The van der Waals surface area contributed by atoms with Crippen LogP contribution in [0.5, 0.6) is 17.2 Å². The summed E-state index contributed by atoms with van der Waals surface area (Å²) in [4.78, 5) is 23.9. The molecule has 0 saturated carbocycles. The molecular formula is C19H22N2O5. The number of hydrogen-bond acceptors (Lipinski definition) is 5. The molecule has 26 heavy (non-hydrogen) atoms. The van der Waals surface area contributed by atoms with Crippen LogP contribution in [0.2, 0.25) is 0 Å². The number of rotatable bonds is 8. The van der Waals surface area contributed by atoms with Crippen LogP contribution in [0.3, 0.4) is 0 Å². The molecule has 7 heteroatoms. The summed E-state index contributed by atoms with van der Waals surface area (Å²) in [5.41, 5.74) is 1.23. The Morgan fingerprint density at radius 3 is 2.08 bits per heavy atom. The Labute approximate surface area is 152 Å². The van der Waals surface area contributed by atoms with E-state index >= 15 is 0 Å². The minimum Gasteiger partial charge on any atom is -0.496 e. The topological polar surface area (TPSA) is 85.9 Å². The van der Waals surface area contributed by atoms with Crippen molar-refractivity contribution in [1.29, 1.82) is 0 Å². The van der Waals surface area contributed by atoms with Gasteiger partial charge in [-0.15, -0.1) is 0 Å². The molecule has 0 saturated heterocycles. The van der Waals surface area contributed by atoms with E-state index in [9.17, 15) is 9.59 Å². The zero-order chi connectivity index (χ0) is 18.9. The summed E-state index contributed by atoms with van der Waals surface area (Å²) >= 11 is 0. The van der Waals surface area contributed by atoms with Crippen LogP contribution in [0.4, 0.5) is 0 Å². The van der Waals surface area contributed by atoms with E-state index in [-0.39, 0.29) is 24.9 Å². The van der Waals surface area contributed by atoms with Gasteiger partial charge in [-0.05, 0) is 18.2 Å². The summed E-state index contributed by atoms with van der Waals surface area (Å²) in [6, 6.07) is 12.1. The second-order valence-electron chi connectivity index (χ2n) is 5.34. The molecule has 2 rings (SSSR count). The molecule has 2 aromatic rings. The molecule has 0 unspecified atom stereocenters. The van der Waals surface area contributed by atoms with Crippen LogP contribution in [-0.2, 0) is 11.3 Å². The highest BCUT2D eigenvalue weighted by Crippen LogP contribution is 2.34. The van der Waals surface area contributed by atoms with Crippen molar-refractivity contribution in [1.82, 2.24) is 10.6 Å². The van der Waals surface area contributed by atoms with E-state index in [1.165, 1.54) is 21.3 Å². The highest BCUT2D eigenvalue weighted by Gasteiger charge is 2.13. The second-order valence-corrected chi connectivity index (χ2v) is 5.34. The number of methoxy groups -OCH3 is 3. The third-order valence-corrected chi connectivity index (χ3v) is 3.71. The van der Waals surface area contributed by atoms with Crippen LogP contribution < -0.4 is 24.8 Å². The lowest BCUT2D eigenvalue weighted by Gasteiger charge is -2.14. The average Bonchev–Trinajstić information content (AvgIpc) is 2.70. The smallest absolute Gasteiger partial charge is 0.251 e. The van der Waals surface area contributed by atoms with Gasteiger partial charge in [-0.1, -0.05) is 18.2 Å². The van der Waals surface area contributed by atoms with Crippen molar-refractivity contribution in [3.8, 4) is 17.2 Å². The molecule has 0 aliphatic carbocycles. The van der Waals surface area contributed by atoms with Crippen LogP contribution in [0, 0.1) is 0 Å². The van der Waals surface area contributed by atoms with Crippen molar-refractivity contribution < 1.29 is 23.8 Å². The summed E-state index contributed by atoms with van der Waals surface area (Å²) in [5, 5.41) is 5.32. The minimum atomic E-state index is -0.314. The molecular weight excluding hydrogens is 336 g/mol. The first-order chi connectivity index (χ1) is 12.6. The third kappa shape index (κ3) is 4.89. The highest BCUT2D eigenvalue weighted by atomic mass is 16.5. The summed E-state index contributed by atoms with van der Waals surface area (Å²) in [6.45, 7) is 0.104. The van der Waals surface area contributed by atoms with Crippen LogP contribution in [-0.4, -0.2) is 39.7 Å². The standard InChI is InChI=1S/C19H22N2O5/c1-24-15-10-17(26-3)16(25-2)9-14(15)11-20-18(22)12-21-19(23)13-7-5-4-6-8-13/h4-10H,11-12H2,1-3H3,(H,20,22)(H,21,23). The molecule has 0 bridgehead atoms. The summed E-state index contributed by atoms with van der Waals surface area (Å²) in [5.74, 6) is 1.02. The van der Waals surface area contributed by atoms with Gasteiger partial charge in [-0.2, -0.15) is 0 Å². The average molecular weight is 358 g/mol. The lowest BCUT2D eigenvalue weighted by Crippen LogP contribution is -2.36. The zero-order valence-electron chi connectivity index (χ0n) is 15.0. The SMILES string of the molecule is COc1cc(OC)c(OC)cc1CNC(=O)CNC(=O)c1ccccc1. The predicted octanol–water partition coefficient (Wildman–Crippen LogP) is 1.76. The summed E-state index contributed by atoms with van der Waals surface area (Å²) in [6.07, 6.45) is 0. The van der Waals surface area contributed by atoms with E-state index in [1.54, 1.807) is 36.4 Å². The van der Waals surface area contributed by atoms with Crippen molar-refractivity contribution in [3.05, 3.63) is 53.6 Å². The number of amides is 2. The Morgan fingerprint density at radius 2 is 1.46 bits per heavy atom. The van der Waals surface area contributed by atoms with Crippen molar-refractivity contribution >= 4 is 11.8 Å². The van der Waals surface area contributed by atoms with E-state index in [4.69, 9.17) is 14.2 Å². The lowest BCUT2D eigenvalue weighted by molar-refractivity contribution is -0.120. The normalized spacial score (nSPS) is 9.96. The number of carbonyl (C=O) groups is 2. The predicted molar refractivity (Wildman–Crippen MR) is 96.7 cm³/mol. The maximum Gasteiger partial charge on any atom is 0.251 e. The lowest BCUT2D eigenvalue weighted by atomic mass is 10.1. The molecule has 7 nitrogen and oxygen atoms in total. The van der Waals surface area contributed by atoms with Crippen LogP contribution in [0.25, 0.3) is 0 Å². The van der Waals surface area contributed by atoms with Gasteiger partial charge in [-0.3, -0.25) is 9.59 Å². The quantitative estimate of drug-likeness (QED) is 0.751. The fraction of sp³-hybridized carbons (Fsp3) is 0.263. The van der Waals surface area contributed by atoms with Gasteiger partial charge in [0.25, 0.3) is 5.91 Å². The molecule has 0 aromatic heterocycles. The van der Waals surface area contributed by atoms with Gasteiger partial charge in [-0.25, -0.2) is 0 Å². The summed E-state index contributed by atoms with van der Waals surface area (Å²) < 4.78 is 15.8. The Hall–Kier alpha value is -3.22. The van der Waals surface area contributed by atoms with E-state index < -0.39 is 0 Å². The Bertz CT molecular complexity index is 762. The Morgan fingerprint density at radius 1 is 0.846 bits per heavy atom. The fourth-order valence-electron chi connectivity index (χ4n) is 2.34.